The average molecular weight is 198 g/mol. The number of primary amides is 1. The van der Waals surface area contributed by atoms with Crippen LogP contribution in [0, 0.1) is 0 Å². The third kappa shape index (κ3) is 1.57. The lowest BCUT2D eigenvalue weighted by atomic mass is 9.85. The van der Waals surface area contributed by atoms with Crippen LogP contribution in [0.3, 0.4) is 0 Å². The molecule has 2 rings (SSSR count). The zero-order valence-electron chi connectivity index (χ0n) is 8.38. The van der Waals surface area contributed by atoms with Crippen LogP contribution in [0.5, 0.6) is 0 Å². The molecule has 0 aromatic rings. The van der Waals surface area contributed by atoms with Gasteiger partial charge in [-0.05, 0) is 25.9 Å². The largest absolute Gasteiger partial charge is 0.351 e. The van der Waals surface area contributed by atoms with Crippen molar-refractivity contribution in [3.8, 4) is 0 Å². The lowest BCUT2D eigenvalue weighted by molar-refractivity contribution is 0.0669. The molecule has 5 heteroatoms. The van der Waals surface area contributed by atoms with E-state index in [1.54, 1.807) is 0 Å². The van der Waals surface area contributed by atoms with Crippen molar-refractivity contribution >= 4 is 6.03 Å². The van der Waals surface area contributed by atoms with E-state index in [9.17, 15) is 4.79 Å². The summed E-state index contributed by atoms with van der Waals surface area (Å²) in [6, 6.07) is -0.270. The van der Waals surface area contributed by atoms with Crippen molar-refractivity contribution in [2.24, 2.45) is 5.73 Å². The zero-order valence-corrected chi connectivity index (χ0v) is 8.38. The van der Waals surface area contributed by atoms with Gasteiger partial charge >= 0.3 is 6.03 Å². The Balaban J connectivity index is 2.14. The molecule has 2 fully saturated rings. The number of piperazine rings is 1. The first-order chi connectivity index (χ1) is 6.75. The van der Waals surface area contributed by atoms with Gasteiger partial charge in [0.25, 0.3) is 0 Å². The number of carbonyl (C=O) groups is 1. The third-order valence-electron chi connectivity index (χ3n) is 3.34. The van der Waals surface area contributed by atoms with E-state index in [4.69, 9.17) is 5.73 Å². The molecule has 2 aliphatic rings. The highest BCUT2D eigenvalue weighted by atomic mass is 16.2. The molecule has 0 aromatic carbocycles. The average Bonchev–Trinajstić information content (AvgIpc) is 2.19. The molecule has 2 saturated heterocycles. The Bertz CT molecular complexity index is 217. The Morgan fingerprint density at radius 2 is 1.93 bits per heavy atom. The first-order valence-corrected chi connectivity index (χ1v) is 5.23. The van der Waals surface area contributed by atoms with E-state index in [1.165, 1.54) is 0 Å². The van der Waals surface area contributed by atoms with Crippen LogP contribution in [-0.4, -0.2) is 49.2 Å². The minimum absolute atomic E-state index is 0.0185. The first-order valence-electron chi connectivity index (χ1n) is 5.23. The van der Waals surface area contributed by atoms with Gasteiger partial charge in [0.2, 0.25) is 0 Å². The fourth-order valence-electron chi connectivity index (χ4n) is 2.53. The quantitative estimate of drug-likeness (QED) is 0.472. The Labute approximate surface area is 84.0 Å². The second kappa shape index (κ2) is 3.74. The summed E-state index contributed by atoms with van der Waals surface area (Å²) in [4.78, 5) is 13.2. The number of hydrogen-bond donors (Lipinski definition) is 3. The Morgan fingerprint density at radius 1 is 1.21 bits per heavy atom. The van der Waals surface area contributed by atoms with Crippen LogP contribution >= 0.6 is 0 Å². The summed E-state index contributed by atoms with van der Waals surface area (Å²) in [5.74, 6) is 0. The molecule has 14 heavy (non-hydrogen) atoms. The number of nitrogens with one attached hydrogen (secondary N) is 2. The summed E-state index contributed by atoms with van der Waals surface area (Å²) in [6.07, 6.45) is 2.01. The van der Waals surface area contributed by atoms with Crippen molar-refractivity contribution in [1.82, 2.24) is 15.5 Å². The predicted octanol–water partition coefficient (Wildman–Crippen LogP) is -0.907. The van der Waals surface area contributed by atoms with Crippen molar-refractivity contribution in [3.63, 3.8) is 0 Å². The first kappa shape index (κ1) is 9.73. The zero-order chi connectivity index (χ0) is 10.0. The summed E-state index contributed by atoms with van der Waals surface area (Å²) >= 11 is 0. The van der Waals surface area contributed by atoms with Gasteiger partial charge in [-0.1, -0.05) is 0 Å². The maximum absolute atomic E-state index is 11.3. The second-order valence-electron chi connectivity index (χ2n) is 4.14. The molecule has 4 N–H and O–H groups in total. The highest BCUT2D eigenvalue weighted by Crippen LogP contribution is 2.27. The molecule has 2 aliphatic heterocycles. The lowest BCUT2D eigenvalue weighted by Gasteiger charge is -2.49. The minimum Gasteiger partial charge on any atom is -0.351 e. The number of piperidine rings is 1. The van der Waals surface area contributed by atoms with E-state index < -0.39 is 0 Å². The smallest absolute Gasteiger partial charge is 0.315 e. The maximum Gasteiger partial charge on any atom is 0.315 e. The van der Waals surface area contributed by atoms with Gasteiger partial charge in [-0.25, -0.2) is 4.79 Å². The van der Waals surface area contributed by atoms with Gasteiger partial charge in [0.05, 0.1) is 5.54 Å². The molecule has 80 valence electrons. The van der Waals surface area contributed by atoms with Crippen LogP contribution < -0.4 is 16.4 Å². The molecule has 0 aromatic heterocycles. The van der Waals surface area contributed by atoms with Crippen LogP contribution in [-0.2, 0) is 0 Å². The fourth-order valence-corrected chi connectivity index (χ4v) is 2.53. The number of nitrogens with zero attached hydrogens (tertiary/aromatic N) is 1. The topological polar surface area (TPSA) is 70.4 Å². The monoisotopic (exact) mass is 198 g/mol. The van der Waals surface area contributed by atoms with Crippen molar-refractivity contribution in [1.29, 1.82) is 0 Å². The van der Waals surface area contributed by atoms with Crippen LogP contribution in [0.15, 0.2) is 0 Å². The van der Waals surface area contributed by atoms with Crippen molar-refractivity contribution < 1.29 is 4.79 Å². The molecule has 2 heterocycles. The number of hydrogen-bond acceptors (Lipinski definition) is 3. The van der Waals surface area contributed by atoms with Gasteiger partial charge in [0.1, 0.15) is 0 Å². The van der Waals surface area contributed by atoms with E-state index in [0.717, 1.165) is 45.6 Å². The van der Waals surface area contributed by atoms with Crippen molar-refractivity contribution in [2.75, 3.05) is 32.7 Å². The van der Waals surface area contributed by atoms with E-state index >= 15 is 0 Å². The summed E-state index contributed by atoms with van der Waals surface area (Å²) in [5.41, 5.74) is 5.39. The molecule has 0 bridgehead atoms. The highest BCUT2D eigenvalue weighted by Gasteiger charge is 2.41. The third-order valence-corrected chi connectivity index (χ3v) is 3.34. The molecule has 5 nitrogen and oxygen atoms in total. The van der Waals surface area contributed by atoms with Crippen LogP contribution in [0.1, 0.15) is 12.8 Å². The predicted molar refractivity (Wildman–Crippen MR) is 54.0 cm³/mol. The number of urea groups is 1. The van der Waals surface area contributed by atoms with Gasteiger partial charge < -0.3 is 21.3 Å². The molecule has 0 saturated carbocycles. The summed E-state index contributed by atoms with van der Waals surface area (Å²) < 4.78 is 0. The molecule has 2 amide bonds. The lowest BCUT2D eigenvalue weighted by Crippen LogP contribution is -2.67. The van der Waals surface area contributed by atoms with Gasteiger partial charge in [-0.3, -0.25) is 0 Å². The Kier molecular flexibility index (Phi) is 2.60. The SMILES string of the molecule is NC(=O)N1CCNCC12CCNCC2. The maximum atomic E-state index is 11.3. The Hall–Kier alpha value is -0.810. The summed E-state index contributed by atoms with van der Waals surface area (Å²) in [5, 5.41) is 6.66. The molecule has 0 aliphatic carbocycles. The van der Waals surface area contributed by atoms with Crippen molar-refractivity contribution in [3.05, 3.63) is 0 Å². The fraction of sp³-hybridized carbons (Fsp3) is 0.889. The van der Waals surface area contributed by atoms with Gasteiger partial charge in [0, 0.05) is 19.6 Å². The number of nitrogens with two attached hydrogens (primary N) is 1. The van der Waals surface area contributed by atoms with E-state index in [0.29, 0.717) is 0 Å². The Morgan fingerprint density at radius 3 is 2.57 bits per heavy atom. The molecule has 0 unspecified atom stereocenters. The molecule has 0 radical (unpaired) electrons. The standard InChI is InChI=1S/C9H18N4O/c10-8(14)13-6-5-12-7-9(13)1-3-11-4-2-9/h11-12H,1-7H2,(H2,10,14). The second-order valence-corrected chi connectivity index (χ2v) is 4.14. The molecule has 0 atom stereocenters. The molecule has 1 spiro atoms. The van der Waals surface area contributed by atoms with Crippen LogP contribution in [0.25, 0.3) is 0 Å². The van der Waals surface area contributed by atoms with E-state index in [1.807, 2.05) is 4.90 Å². The highest BCUT2D eigenvalue weighted by molar-refractivity contribution is 5.73. The van der Waals surface area contributed by atoms with Crippen LogP contribution in [0.4, 0.5) is 4.79 Å². The molecular formula is C9H18N4O. The van der Waals surface area contributed by atoms with Crippen LogP contribution in [0.2, 0.25) is 0 Å². The summed E-state index contributed by atoms with van der Waals surface area (Å²) in [6.45, 7) is 4.45. The van der Waals surface area contributed by atoms with E-state index in [2.05, 4.69) is 10.6 Å². The summed E-state index contributed by atoms with van der Waals surface area (Å²) in [7, 11) is 0. The van der Waals surface area contributed by atoms with Crippen molar-refractivity contribution in [2.45, 2.75) is 18.4 Å². The normalized spacial score (nSPS) is 26.4. The number of amides is 2. The molecular weight excluding hydrogens is 180 g/mol. The van der Waals surface area contributed by atoms with Gasteiger partial charge in [0.15, 0.2) is 0 Å². The van der Waals surface area contributed by atoms with E-state index in [-0.39, 0.29) is 11.6 Å². The number of rotatable bonds is 0. The van der Waals surface area contributed by atoms with Gasteiger partial charge in [-0.2, -0.15) is 0 Å². The van der Waals surface area contributed by atoms with Gasteiger partial charge in [-0.15, -0.1) is 0 Å². The minimum atomic E-state index is -0.270. The number of carbonyl (C=O) groups excluding carboxylic acids is 1.